The highest BCUT2D eigenvalue weighted by molar-refractivity contribution is 5.82. The molecule has 0 bridgehead atoms. The zero-order valence-corrected chi connectivity index (χ0v) is 13.7. The van der Waals surface area contributed by atoms with Crippen LogP contribution >= 0.6 is 0 Å². The Kier molecular flexibility index (Phi) is 5.28. The number of halogens is 2. The van der Waals surface area contributed by atoms with Crippen LogP contribution in [0.5, 0.6) is 5.75 Å². The van der Waals surface area contributed by atoms with E-state index in [1.807, 2.05) is 54.6 Å². The van der Waals surface area contributed by atoms with Crippen LogP contribution in [0.15, 0.2) is 54.6 Å². The summed E-state index contributed by atoms with van der Waals surface area (Å²) in [5.74, 6) is -2.58. The summed E-state index contributed by atoms with van der Waals surface area (Å²) < 4.78 is 32.2. The number of hydrogen-bond acceptors (Lipinski definition) is 3. The molecule has 1 amide bonds. The fourth-order valence-corrected chi connectivity index (χ4v) is 2.73. The lowest BCUT2D eigenvalue weighted by molar-refractivity contribution is -0.123. The molecule has 1 unspecified atom stereocenters. The van der Waals surface area contributed by atoms with E-state index in [9.17, 15) is 13.6 Å². The van der Waals surface area contributed by atoms with E-state index in [-0.39, 0.29) is 6.54 Å². The van der Waals surface area contributed by atoms with Crippen molar-refractivity contribution in [3.8, 4) is 5.75 Å². The SMILES string of the molecule is O=C(NCc1ccccc1OCc1ccccc1)C1CC(F)(F)CN1. The zero-order valence-electron chi connectivity index (χ0n) is 13.7. The quantitative estimate of drug-likeness (QED) is 0.846. The van der Waals surface area contributed by atoms with Crippen molar-refractivity contribution >= 4 is 5.91 Å². The molecule has 0 aliphatic carbocycles. The van der Waals surface area contributed by atoms with Gasteiger partial charge in [0.1, 0.15) is 12.4 Å². The molecule has 1 aliphatic rings. The fourth-order valence-electron chi connectivity index (χ4n) is 2.73. The highest BCUT2D eigenvalue weighted by Gasteiger charge is 2.42. The summed E-state index contributed by atoms with van der Waals surface area (Å²) in [6.45, 7) is 0.192. The summed E-state index contributed by atoms with van der Waals surface area (Å²) in [7, 11) is 0. The molecule has 0 radical (unpaired) electrons. The highest BCUT2D eigenvalue weighted by Crippen LogP contribution is 2.25. The third kappa shape index (κ3) is 4.76. The number of hydrogen-bond donors (Lipinski definition) is 2. The van der Waals surface area contributed by atoms with Crippen LogP contribution in [-0.2, 0) is 17.9 Å². The van der Waals surface area contributed by atoms with E-state index in [1.54, 1.807) is 0 Å². The molecule has 2 aromatic carbocycles. The first-order valence-electron chi connectivity index (χ1n) is 8.17. The second-order valence-electron chi connectivity index (χ2n) is 6.09. The van der Waals surface area contributed by atoms with E-state index >= 15 is 0 Å². The average Bonchev–Trinajstić information content (AvgIpc) is 2.99. The molecule has 1 fully saturated rings. The van der Waals surface area contributed by atoms with Crippen molar-refractivity contribution in [1.82, 2.24) is 10.6 Å². The summed E-state index contributed by atoms with van der Waals surface area (Å²) in [6, 6.07) is 16.3. The van der Waals surface area contributed by atoms with Crippen molar-refractivity contribution in [3.05, 3.63) is 65.7 Å². The number of benzene rings is 2. The summed E-state index contributed by atoms with van der Waals surface area (Å²) >= 11 is 0. The van der Waals surface area contributed by atoms with Gasteiger partial charge in [0.25, 0.3) is 5.92 Å². The molecule has 3 rings (SSSR count). The first kappa shape index (κ1) is 17.4. The largest absolute Gasteiger partial charge is 0.489 e. The minimum absolute atomic E-state index is 0.230. The molecular formula is C19H20F2N2O2. The number of ether oxygens (including phenoxy) is 1. The van der Waals surface area contributed by atoms with Gasteiger partial charge in [0.05, 0.1) is 12.6 Å². The van der Waals surface area contributed by atoms with Crippen molar-refractivity contribution in [2.75, 3.05) is 6.54 Å². The summed E-state index contributed by atoms with van der Waals surface area (Å²) in [5, 5.41) is 5.25. The molecule has 132 valence electrons. The van der Waals surface area contributed by atoms with Crippen LogP contribution in [0, 0.1) is 0 Å². The van der Waals surface area contributed by atoms with Gasteiger partial charge in [0.15, 0.2) is 0 Å². The Morgan fingerprint density at radius 2 is 1.88 bits per heavy atom. The molecule has 6 heteroatoms. The Labute approximate surface area is 145 Å². The van der Waals surface area contributed by atoms with Gasteiger partial charge >= 0.3 is 0 Å². The maximum Gasteiger partial charge on any atom is 0.262 e. The minimum Gasteiger partial charge on any atom is -0.489 e. The van der Waals surface area contributed by atoms with E-state index in [2.05, 4.69) is 10.6 Å². The molecular weight excluding hydrogens is 326 g/mol. The van der Waals surface area contributed by atoms with Gasteiger partial charge in [-0.25, -0.2) is 8.78 Å². The molecule has 2 aromatic rings. The molecule has 0 spiro atoms. The molecule has 1 saturated heterocycles. The standard InChI is InChI=1S/C19H20F2N2O2/c20-19(21)10-16(23-13-19)18(24)22-11-15-8-4-5-9-17(15)25-12-14-6-2-1-3-7-14/h1-9,16,23H,10-13H2,(H,22,24). The Balaban J connectivity index is 1.57. The van der Waals surface area contributed by atoms with Crippen molar-refractivity contribution in [2.45, 2.75) is 31.5 Å². The van der Waals surface area contributed by atoms with Gasteiger partial charge in [-0.1, -0.05) is 48.5 Å². The van der Waals surface area contributed by atoms with Crippen LogP contribution < -0.4 is 15.4 Å². The number of para-hydroxylation sites is 1. The van der Waals surface area contributed by atoms with Gasteiger partial charge in [0, 0.05) is 18.5 Å². The van der Waals surface area contributed by atoms with Gasteiger partial charge in [-0.15, -0.1) is 0 Å². The molecule has 4 nitrogen and oxygen atoms in total. The molecule has 1 aliphatic heterocycles. The number of carbonyl (C=O) groups is 1. The fraction of sp³-hybridized carbons (Fsp3) is 0.316. The van der Waals surface area contributed by atoms with Crippen LogP contribution in [0.25, 0.3) is 0 Å². The normalized spacial score (nSPS) is 18.7. The van der Waals surface area contributed by atoms with Gasteiger partial charge in [0.2, 0.25) is 5.91 Å². The summed E-state index contributed by atoms with van der Waals surface area (Å²) in [5.41, 5.74) is 1.84. The molecule has 1 atom stereocenters. The molecule has 0 saturated carbocycles. The zero-order chi connectivity index (χ0) is 17.7. The Morgan fingerprint density at radius 1 is 1.16 bits per heavy atom. The lowest BCUT2D eigenvalue weighted by Gasteiger charge is -2.14. The Bertz CT molecular complexity index is 722. The van der Waals surface area contributed by atoms with Crippen molar-refractivity contribution in [2.24, 2.45) is 0 Å². The van der Waals surface area contributed by atoms with E-state index in [4.69, 9.17) is 4.74 Å². The first-order valence-corrected chi connectivity index (χ1v) is 8.17. The summed E-state index contributed by atoms with van der Waals surface area (Å²) in [4.78, 5) is 12.0. The predicted octanol–water partition coefficient (Wildman–Crippen LogP) is 2.88. The van der Waals surface area contributed by atoms with Crippen molar-refractivity contribution < 1.29 is 18.3 Å². The second kappa shape index (κ2) is 7.61. The molecule has 2 N–H and O–H groups in total. The number of carbonyl (C=O) groups excluding carboxylic acids is 1. The number of amides is 1. The number of alkyl halides is 2. The lowest BCUT2D eigenvalue weighted by Crippen LogP contribution is -2.40. The third-order valence-corrected chi connectivity index (χ3v) is 4.09. The summed E-state index contributed by atoms with van der Waals surface area (Å²) in [6.07, 6.45) is -0.467. The lowest BCUT2D eigenvalue weighted by atomic mass is 10.1. The topological polar surface area (TPSA) is 50.4 Å². The second-order valence-corrected chi connectivity index (χ2v) is 6.09. The van der Waals surface area contributed by atoms with E-state index in [0.29, 0.717) is 12.4 Å². The van der Waals surface area contributed by atoms with Crippen LogP contribution in [-0.4, -0.2) is 24.4 Å². The monoisotopic (exact) mass is 346 g/mol. The predicted molar refractivity (Wildman–Crippen MR) is 90.4 cm³/mol. The highest BCUT2D eigenvalue weighted by atomic mass is 19.3. The van der Waals surface area contributed by atoms with Crippen molar-refractivity contribution in [3.63, 3.8) is 0 Å². The van der Waals surface area contributed by atoms with Crippen LogP contribution in [0.4, 0.5) is 8.78 Å². The maximum absolute atomic E-state index is 13.2. The first-order chi connectivity index (χ1) is 12.0. The van der Waals surface area contributed by atoms with Crippen LogP contribution in [0.1, 0.15) is 17.5 Å². The molecule has 0 aromatic heterocycles. The van der Waals surface area contributed by atoms with Crippen LogP contribution in [0.3, 0.4) is 0 Å². The van der Waals surface area contributed by atoms with Gasteiger partial charge < -0.3 is 10.1 Å². The minimum atomic E-state index is -2.82. The van der Waals surface area contributed by atoms with Gasteiger partial charge in [-0.3, -0.25) is 10.1 Å². The van der Waals surface area contributed by atoms with Crippen LogP contribution in [0.2, 0.25) is 0 Å². The average molecular weight is 346 g/mol. The van der Waals surface area contributed by atoms with Gasteiger partial charge in [-0.2, -0.15) is 0 Å². The molecule has 1 heterocycles. The number of nitrogens with one attached hydrogen (secondary N) is 2. The Morgan fingerprint density at radius 3 is 2.60 bits per heavy atom. The smallest absolute Gasteiger partial charge is 0.262 e. The number of rotatable bonds is 6. The van der Waals surface area contributed by atoms with E-state index in [0.717, 1.165) is 11.1 Å². The maximum atomic E-state index is 13.2. The third-order valence-electron chi connectivity index (χ3n) is 4.09. The molecule has 25 heavy (non-hydrogen) atoms. The van der Waals surface area contributed by atoms with Gasteiger partial charge in [-0.05, 0) is 11.6 Å². The van der Waals surface area contributed by atoms with E-state index in [1.165, 1.54) is 0 Å². The Hall–Kier alpha value is -2.47. The van der Waals surface area contributed by atoms with Crippen molar-refractivity contribution in [1.29, 1.82) is 0 Å². The van der Waals surface area contributed by atoms with E-state index < -0.39 is 30.8 Å².